The minimum Gasteiger partial charge on any atom is -0.444 e. The molecule has 2 aliphatic rings. The topological polar surface area (TPSA) is 117 Å². The van der Waals surface area contributed by atoms with Gasteiger partial charge in [-0.2, -0.15) is 0 Å². The normalized spacial score (nSPS) is 26.2. The van der Waals surface area contributed by atoms with Gasteiger partial charge in [0.25, 0.3) is 0 Å². The van der Waals surface area contributed by atoms with Crippen LogP contribution in [-0.4, -0.2) is 58.9 Å². The van der Waals surface area contributed by atoms with Gasteiger partial charge in [-0.1, -0.05) is 0 Å². The van der Waals surface area contributed by atoms with E-state index in [1.165, 1.54) is 0 Å². The Balaban J connectivity index is 0.000000320. The molecule has 0 aliphatic heterocycles. The third kappa shape index (κ3) is 13.1. The Hall–Kier alpha value is -1.54. The monoisotopic (exact) mass is 458 g/mol. The number of aliphatic hydroxyl groups excluding tert-OH is 2. The Kier molecular flexibility index (Phi) is 11.8. The van der Waals surface area contributed by atoms with E-state index >= 15 is 0 Å². The summed E-state index contributed by atoms with van der Waals surface area (Å²) in [6.07, 6.45) is 7.01. The van der Waals surface area contributed by atoms with Crippen LogP contribution < -0.4 is 10.6 Å². The molecule has 2 rings (SSSR count). The number of alkyl carbamates (subject to hydrolysis) is 2. The van der Waals surface area contributed by atoms with Gasteiger partial charge in [-0.3, -0.25) is 0 Å². The molecule has 2 fully saturated rings. The summed E-state index contributed by atoms with van der Waals surface area (Å²) in [6, 6.07) is 0.412. The fourth-order valence-electron chi connectivity index (χ4n) is 3.93. The fourth-order valence-corrected chi connectivity index (χ4v) is 3.93. The molecule has 0 aromatic rings. The van der Waals surface area contributed by atoms with Crippen LogP contribution in [0, 0.1) is 11.8 Å². The Morgan fingerprint density at radius 3 is 1.16 bits per heavy atom. The molecule has 0 aromatic heterocycles. The predicted octanol–water partition coefficient (Wildman–Crippen LogP) is 4.12. The fraction of sp³-hybridized carbons (Fsp3) is 0.917. The summed E-state index contributed by atoms with van der Waals surface area (Å²) in [7, 11) is 0. The van der Waals surface area contributed by atoms with Gasteiger partial charge < -0.3 is 30.3 Å². The summed E-state index contributed by atoms with van der Waals surface area (Å²) in [6.45, 7) is 11.7. The average molecular weight is 459 g/mol. The Morgan fingerprint density at radius 1 is 0.656 bits per heavy atom. The third-order valence-corrected chi connectivity index (χ3v) is 5.65. The lowest BCUT2D eigenvalue weighted by Crippen LogP contribution is -2.41. The summed E-state index contributed by atoms with van der Waals surface area (Å²) in [5.74, 6) is 0.827. The van der Waals surface area contributed by atoms with Crippen molar-refractivity contribution in [2.24, 2.45) is 11.8 Å². The maximum atomic E-state index is 11.5. The molecule has 188 valence electrons. The molecule has 0 bridgehead atoms. The van der Waals surface area contributed by atoms with Crippen molar-refractivity contribution in [3.05, 3.63) is 0 Å². The van der Waals surface area contributed by atoms with Gasteiger partial charge in [0.05, 0.1) is 0 Å². The van der Waals surface area contributed by atoms with Gasteiger partial charge in [-0.05, 0) is 105 Å². The first-order valence-corrected chi connectivity index (χ1v) is 12.0. The molecule has 0 unspecified atom stereocenters. The maximum Gasteiger partial charge on any atom is 0.407 e. The summed E-state index contributed by atoms with van der Waals surface area (Å²) in [5.41, 5.74) is -0.876. The highest BCUT2D eigenvalue weighted by Gasteiger charge is 2.25. The van der Waals surface area contributed by atoms with Crippen LogP contribution >= 0.6 is 0 Å². The molecule has 8 nitrogen and oxygen atoms in total. The van der Waals surface area contributed by atoms with Crippen molar-refractivity contribution in [1.82, 2.24) is 10.6 Å². The molecule has 2 amide bonds. The first kappa shape index (κ1) is 28.5. The van der Waals surface area contributed by atoms with Gasteiger partial charge in [0.2, 0.25) is 0 Å². The van der Waals surface area contributed by atoms with Crippen molar-refractivity contribution in [2.75, 3.05) is 13.2 Å². The molecule has 0 spiro atoms. The van der Waals surface area contributed by atoms with Crippen LogP contribution in [0.4, 0.5) is 9.59 Å². The largest absolute Gasteiger partial charge is 0.444 e. The molecule has 32 heavy (non-hydrogen) atoms. The maximum absolute atomic E-state index is 11.5. The van der Waals surface area contributed by atoms with Crippen molar-refractivity contribution < 1.29 is 29.3 Å². The number of rotatable bonds is 4. The van der Waals surface area contributed by atoms with Crippen LogP contribution in [0.1, 0.15) is 92.9 Å². The van der Waals surface area contributed by atoms with Crippen molar-refractivity contribution in [2.45, 2.75) is 116 Å². The highest BCUT2D eigenvalue weighted by molar-refractivity contribution is 5.68. The summed E-state index contributed by atoms with van der Waals surface area (Å²) >= 11 is 0. The first-order chi connectivity index (χ1) is 14.8. The van der Waals surface area contributed by atoms with E-state index in [1.54, 1.807) is 0 Å². The van der Waals surface area contributed by atoms with Gasteiger partial charge in [0.15, 0.2) is 0 Å². The number of carbonyl (C=O) groups is 2. The van der Waals surface area contributed by atoms with Gasteiger partial charge in [0.1, 0.15) is 11.2 Å². The van der Waals surface area contributed by atoms with Crippen LogP contribution in [0.5, 0.6) is 0 Å². The third-order valence-electron chi connectivity index (χ3n) is 5.65. The van der Waals surface area contributed by atoms with E-state index in [2.05, 4.69) is 10.6 Å². The number of aliphatic hydroxyl groups is 2. The minimum absolute atomic E-state index is 0.206. The number of amides is 2. The zero-order chi connectivity index (χ0) is 24.4. The number of carbonyl (C=O) groups excluding carboxylic acids is 2. The second kappa shape index (κ2) is 13.2. The van der Waals surface area contributed by atoms with Crippen LogP contribution in [0.3, 0.4) is 0 Å². The zero-order valence-electron chi connectivity index (χ0n) is 20.9. The van der Waals surface area contributed by atoms with Crippen molar-refractivity contribution in [3.8, 4) is 0 Å². The quantitative estimate of drug-likeness (QED) is 0.503. The van der Waals surface area contributed by atoms with Gasteiger partial charge in [-0.25, -0.2) is 9.59 Å². The highest BCUT2D eigenvalue weighted by Crippen LogP contribution is 2.25. The molecule has 0 aromatic carbocycles. The SMILES string of the molecule is CC(C)(C)OC(=O)NC1CCC(CO)CC1.CC(C)(C)OC(=O)NC1CCC(CO)CC1. The highest BCUT2D eigenvalue weighted by atomic mass is 16.6. The molecular formula is C24H46N2O6. The van der Waals surface area contributed by atoms with E-state index in [0.29, 0.717) is 11.8 Å². The molecule has 0 heterocycles. The Bertz CT molecular complexity index is 504. The summed E-state index contributed by atoms with van der Waals surface area (Å²) < 4.78 is 10.4. The molecule has 2 saturated carbocycles. The molecule has 0 radical (unpaired) electrons. The molecule has 2 aliphatic carbocycles. The lowest BCUT2D eigenvalue weighted by atomic mass is 9.87. The minimum atomic E-state index is -0.438. The summed E-state index contributed by atoms with van der Waals surface area (Å²) in [5, 5.41) is 23.8. The van der Waals surface area contributed by atoms with Crippen LogP contribution in [0.15, 0.2) is 0 Å². The zero-order valence-corrected chi connectivity index (χ0v) is 20.9. The molecule has 8 heteroatoms. The average Bonchev–Trinajstić information content (AvgIpc) is 2.66. The van der Waals surface area contributed by atoms with E-state index in [4.69, 9.17) is 19.7 Å². The van der Waals surface area contributed by atoms with E-state index < -0.39 is 11.2 Å². The number of hydrogen-bond donors (Lipinski definition) is 4. The van der Waals surface area contributed by atoms with Gasteiger partial charge in [-0.15, -0.1) is 0 Å². The second-order valence-electron chi connectivity index (χ2n) is 11.1. The van der Waals surface area contributed by atoms with Crippen molar-refractivity contribution >= 4 is 12.2 Å². The number of nitrogens with one attached hydrogen (secondary N) is 2. The molecule has 4 N–H and O–H groups in total. The molecular weight excluding hydrogens is 412 g/mol. The Labute approximate surface area is 193 Å². The van der Waals surface area contributed by atoms with Gasteiger partial charge in [0, 0.05) is 25.3 Å². The number of hydrogen-bond acceptors (Lipinski definition) is 6. The first-order valence-electron chi connectivity index (χ1n) is 12.0. The predicted molar refractivity (Wildman–Crippen MR) is 124 cm³/mol. The smallest absolute Gasteiger partial charge is 0.407 e. The lowest BCUT2D eigenvalue weighted by molar-refractivity contribution is 0.0470. The molecule has 0 saturated heterocycles. The van der Waals surface area contributed by atoms with Crippen LogP contribution in [-0.2, 0) is 9.47 Å². The summed E-state index contributed by atoms with van der Waals surface area (Å²) in [4.78, 5) is 23.0. The van der Waals surface area contributed by atoms with E-state index in [0.717, 1.165) is 51.4 Å². The molecule has 0 atom stereocenters. The van der Waals surface area contributed by atoms with Crippen molar-refractivity contribution in [3.63, 3.8) is 0 Å². The van der Waals surface area contributed by atoms with Crippen LogP contribution in [0.2, 0.25) is 0 Å². The van der Waals surface area contributed by atoms with E-state index in [9.17, 15) is 9.59 Å². The Morgan fingerprint density at radius 2 is 0.938 bits per heavy atom. The number of ether oxygens (including phenoxy) is 2. The standard InChI is InChI=1S/2C12H23NO3/c2*1-12(2,3)16-11(15)13-10-6-4-9(8-14)5-7-10/h2*9-10,14H,4-8H2,1-3H3,(H,13,15). The van der Waals surface area contributed by atoms with Crippen molar-refractivity contribution in [1.29, 1.82) is 0 Å². The lowest BCUT2D eigenvalue weighted by Gasteiger charge is -2.29. The van der Waals surface area contributed by atoms with E-state index in [-0.39, 0.29) is 37.5 Å². The van der Waals surface area contributed by atoms with E-state index in [1.807, 2.05) is 41.5 Å². The van der Waals surface area contributed by atoms with Gasteiger partial charge >= 0.3 is 12.2 Å². The second-order valence-corrected chi connectivity index (χ2v) is 11.1. The van der Waals surface area contributed by atoms with Crippen LogP contribution in [0.25, 0.3) is 0 Å².